The molecule has 0 radical (unpaired) electrons. The second-order valence-electron chi connectivity index (χ2n) is 5.98. The number of carbonyl (C=O) groups is 2. The van der Waals surface area contributed by atoms with Gasteiger partial charge in [-0.15, -0.1) is 0 Å². The Hall–Kier alpha value is -3.35. The van der Waals surface area contributed by atoms with Crippen molar-refractivity contribution < 1.29 is 19.1 Å². The lowest BCUT2D eigenvalue weighted by molar-refractivity contribution is -0.123. The monoisotopic (exact) mass is 442 g/mol. The van der Waals surface area contributed by atoms with Crippen molar-refractivity contribution >= 4 is 41.3 Å². The number of hydrazone groups is 1. The molecular formula is C22H16Cl2N2O4. The lowest BCUT2D eigenvalue weighted by Gasteiger charge is -2.06. The van der Waals surface area contributed by atoms with E-state index < -0.39 is 11.9 Å². The van der Waals surface area contributed by atoms with Gasteiger partial charge >= 0.3 is 5.97 Å². The number of amides is 1. The largest absolute Gasteiger partial charge is 0.482 e. The van der Waals surface area contributed by atoms with E-state index in [2.05, 4.69) is 10.5 Å². The fourth-order valence-electron chi connectivity index (χ4n) is 2.33. The number of ether oxygens (including phenoxy) is 2. The zero-order chi connectivity index (χ0) is 21.3. The molecule has 0 aliphatic rings. The van der Waals surface area contributed by atoms with Crippen molar-refractivity contribution in [3.63, 3.8) is 0 Å². The molecule has 0 bridgehead atoms. The van der Waals surface area contributed by atoms with Crippen LogP contribution in [0.15, 0.2) is 77.9 Å². The number of esters is 1. The van der Waals surface area contributed by atoms with Gasteiger partial charge in [-0.05, 0) is 54.1 Å². The Morgan fingerprint density at radius 1 is 0.967 bits per heavy atom. The number of hydrogen-bond donors (Lipinski definition) is 1. The number of nitrogens with one attached hydrogen (secondary N) is 1. The van der Waals surface area contributed by atoms with Gasteiger partial charge in [-0.1, -0.05) is 47.5 Å². The number of hydrogen-bond acceptors (Lipinski definition) is 5. The zero-order valence-electron chi connectivity index (χ0n) is 15.5. The molecule has 0 unspecified atom stereocenters. The first-order valence-corrected chi connectivity index (χ1v) is 9.54. The summed E-state index contributed by atoms with van der Waals surface area (Å²) in [5.41, 5.74) is 3.36. The smallest absolute Gasteiger partial charge is 0.343 e. The van der Waals surface area contributed by atoms with Gasteiger partial charge in [-0.2, -0.15) is 5.10 Å². The van der Waals surface area contributed by atoms with Crippen molar-refractivity contribution in [1.82, 2.24) is 5.43 Å². The second-order valence-corrected chi connectivity index (χ2v) is 6.82. The van der Waals surface area contributed by atoms with Gasteiger partial charge in [-0.25, -0.2) is 10.2 Å². The number of halogens is 2. The van der Waals surface area contributed by atoms with Crippen molar-refractivity contribution in [3.05, 3.63) is 94.0 Å². The van der Waals surface area contributed by atoms with E-state index in [9.17, 15) is 9.59 Å². The Morgan fingerprint density at radius 3 is 2.50 bits per heavy atom. The molecule has 1 amide bonds. The third-order valence-electron chi connectivity index (χ3n) is 3.75. The first-order chi connectivity index (χ1) is 14.5. The van der Waals surface area contributed by atoms with Crippen molar-refractivity contribution in [3.8, 4) is 11.5 Å². The molecule has 152 valence electrons. The maximum atomic E-state index is 12.2. The molecule has 30 heavy (non-hydrogen) atoms. The minimum Gasteiger partial charge on any atom is -0.482 e. The quantitative estimate of drug-likeness (QED) is 0.248. The molecule has 0 aromatic heterocycles. The van der Waals surface area contributed by atoms with Crippen molar-refractivity contribution in [2.24, 2.45) is 5.10 Å². The molecule has 0 spiro atoms. The van der Waals surface area contributed by atoms with Gasteiger partial charge in [-0.3, -0.25) is 4.79 Å². The minimum absolute atomic E-state index is 0.236. The molecule has 0 aliphatic carbocycles. The van der Waals surface area contributed by atoms with E-state index >= 15 is 0 Å². The predicted molar refractivity (Wildman–Crippen MR) is 116 cm³/mol. The van der Waals surface area contributed by atoms with Gasteiger partial charge in [0.15, 0.2) is 6.61 Å². The average molecular weight is 443 g/mol. The summed E-state index contributed by atoms with van der Waals surface area (Å²) in [7, 11) is 0. The molecule has 0 aliphatic heterocycles. The molecule has 1 N–H and O–H groups in total. The van der Waals surface area contributed by atoms with E-state index in [4.69, 9.17) is 32.7 Å². The van der Waals surface area contributed by atoms with E-state index in [1.54, 1.807) is 72.8 Å². The van der Waals surface area contributed by atoms with Gasteiger partial charge in [0, 0.05) is 5.02 Å². The summed E-state index contributed by atoms with van der Waals surface area (Å²) < 4.78 is 10.7. The van der Waals surface area contributed by atoms with Crippen molar-refractivity contribution in [1.29, 1.82) is 0 Å². The molecular weight excluding hydrogens is 427 g/mol. The lowest BCUT2D eigenvalue weighted by Crippen LogP contribution is -2.24. The molecule has 0 heterocycles. The molecule has 3 rings (SSSR count). The molecule has 0 saturated heterocycles. The summed E-state index contributed by atoms with van der Waals surface area (Å²) >= 11 is 11.8. The van der Waals surface area contributed by atoms with Gasteiger partial charge in [0.1, 0.15) is 11.5 Å². The molecule has 0 atom stereocenters. The topological polar surface area (TPSA) is 77.0 Å². The fourth-order valence-corrected chi connectivity index (χ4v) is 2.64. The van der Waals surface area contributed by atoms with E-state index in [1.165, 1.54) is 6.21 Å². The third-order valence-corrected chi connectivity index (χ3v) is 4.31. The number of carbonyl (C=O) groups excluding carboxylic acids is 2. The van der Waals surface area contributed by atoms with E-state index in [0.29, 0.717) is 32.7 Å². The molecule has 6 nitrogen and oxygen atoms in total. The zero-order valence-corrected chi connectivity index (χ0v) is 17.1. The summed E-state index contributed by atoms with van der Waals surface area (Å²) in [4.78, 5) is 24.0. The van der Waals surface area contributed by atoms with Crippen molar-refractivity contribution in [2.75, 3.05) is 6.61 Å². The summed E-state index contributed by atoms with van der Waals surface area (Å²) in [6.45, 7) is -0.236. The second kappa shape index (κ2) is 10.4. The van der Waals surface area contributed by atoms with E-state index in [-0.39, 0.29) is 6.61 Å². The normalized spacial score (nSPS) is 10.6. The highest BCUT2D eigenvalue weighted by atomic mass is 35.5. The highest BCUT2D eigenvalue weighted by Crippen LogP contribution is 2.22. The number of nitrogens with zero attached hydrogens (tertiary/aromatic N) is 1. The Bertz CT molecular complexity index is 1070. The molecule has 3 aromatic carbocycles. The molecule has 0 fully saturated rings. The third kappa shape index (κ3) is 6.34. The van der Waals surface area contributed by atoms with Gasteiger partial charge in [0.2, 0.25) is 0 Å². The van der Waals surface area contributed by atoms with Crippen LogP contribution in [0.3, 0.4) is 0 Å². The van der Waals surface area contributed by atoms with Crippen LogP contribution >= 0.6 is 23.2 Å². The van der Waals surface area contributed by atoms with E-state index in [1.807, 2.05) is 0 Å². The van der Waals surface area contributed by atoms with Crippen LogP contribution in [0, 0.1) is 0 Å². The summed E-state index contributed by atoms with van der Waals surface area (Å²) in [6.07, 6.45) is 1.42. The van der Waals surface area contributed by atoms with Gasteiger partial charge in [0.05, 0.1) is 16.8 Å². The maximum absolute atomic E-state index is 12.2. The first kappa shape index (κ1) is 21.4. The first-order valence-electron chi connectivity index (χ1n) is 8.78. The van der Waals surface area contributed by atoms with Crippen molar-refractivity contribution in [2.45, 2.75) is 0 Å². The van der Waals surface area contributed by atoms with Crippen LogP contribution in [-0.2, 0) is 4.79 Å². The lowest BCUT2D eigenvalue weighted by atomic mass is 10.2. The van der Waals surface area contributed by atoms with Gasteiger partial charge in [0.25, 0.3) is 5.91 Å². The number of rotatable bonds is 7. The van der Waals surface area contributed by atoms with E-state index in [0.717, 1.165) is 0 Å². The molecule has 3 aromatic rings. The molecule has 8 heteroatoms. The molecule has 0 saturated carbocycles. The highest BCUT2D eigenvalue weighted by molar-refractivity contribution is 6.32. The van der Waals surface area contributed by atoms with Crippen LogP contribution in [0.5, 0.6) is 11.5 Å². The Morgan fingerprint density at radius 2 is 1.73 bits per heavy atom. The van der Waals surface area contributed by atoms with Gasteiger partial charge < -0.3 is 9.47 Å². The summed E-state index contributed by atoms with van der Waals surface area (Å²) in [5, 5.41) is 4.82. The summed E-state index contributed by atoms with van der Waals surface area (Å²) in [5.74, 6) is -0.206. The highest BCUT2D eigenvalue weighted by Gasteiger charge is 2.09. The van der Waals surface area contributed by atoms with Crippen LogP contribution in [0.25, 0.3) is 0 Å². The minimum atomic E-state index is -0.509. The van der Waals surface area contributed by atoms with Crippen LogP contribution in [0.1, 0.15) is 15.9 Å². The predicted octanol–water partition coefficient (Wildman–Crippen LogP) is 4.74. The van der Waals surface area contributed by atoms with Crippen LogP contribution < -0.4 is 14.9 Å². The Balaban J connectivity index is 1.52. The fraction of sp³-hybridized carbons (Fsp3) is 0.0455. The number of benzene rings is 3. The SMILES string of the molecule is O=C(COc1ccccc1Cl)N/N=C/c1cccc(OC(=O)c2ccc(Cl)cc2)c1. The standard InChI is InChI=1S/C22H16Cl2N2O4/c23-17-10-8-16(9-11-17)22(28)30-18-5-3-4-15(12-18)13-25-26-21(27)14-29-20-7-2-1-6-19(20)24/h1-13H,14H2,(H,26,27)/b25-13+. The average Bonchev–Trinajstić information content (AvgIpc) is 2.74. The Labute approximate surface area is 183 Å². The van der Waals surface area contributed by atoms with Crippen LogP contribution in [0.2, 0.25) is 10.0 Å². The Kier molecular flexibility index (Phi) is 7.43. The summed E-state index contributed by atoms with van der Waals surface area (Å²) in [6, 6.07) is 19.9. The van der Waals surface area contributed by atoms with Crippen LogP contribution in [-0.4, -0.2) is 24.7 Å². The maximum Gasteiger partial charge on any atom is 0.343 e. The number of para-hydroxylation sites is 1. The van der Waals surface area contributed by atoms with Crippen LogP contribution in [0.4, 0.5) is 0 Å².